The Bertz CT molecular complexity index is 1030. The monoisotopic (exact) mass is 372 g/mol. The second kappa shape index (κ2) is 8.61. The van der Waals surface area contributed by atoms with Crippen LogP contribution in [-0.4, -0.2) is 17.0 Å². The van der Waals surface area contributed by atoms with E-state index in [-0.39, 0.29) is 5.91 Å². The number of carbonyl (C=O) groups excluding carboxylic acids is 1. The molecule has 4 aromatic rings. The first-order chi connectivity index (χ1) is 13.8. The van der Waals surface area contributed by atoms with E-state index in [0.29, 0.717) is 12.2 Å². The zero-order valence-corrected chi connectivity index (χ0v) is 15.8. The molecule has 0 aliphatic rings. The van der Waals surface area contributed by atoms with Crippen molar-refractivity contribution in [3.8, 4) is 0 Å². The predicted octanol–water partition coefficient (Wildman–Crippen LogP) is 4.84. The molecule has 0 fully saturated rings. The highest BCUT2D eigenvalue weighted by molar-refractivity contribution is 5.97. The zero-order chi connectivity index (χ0) is 19.2. The maximum atomic E-state index is 12.8. The van der Waals surface area contributed by atoms with Crippen molar-refractivity contribution in [3.63, 3.8) is 0 Å². The van der Waals surface area contributed by atoms with Gasteiger partial charge >= 0.3 is 0 Å². The highest BCUT2D eigenvalue weighted by Gasteiger charge is 2.17. The van der Waals surface area contributed by atoms with E-state index in [4.69, 9.17) is 4.42 Å². The van der Waals surface area contributed by atoms with E-state index >= 15 is 0 Å². The van der Waals surface area contributed by atoms with E-state index in [2.05, 4.69) is 46.3 Å². The van der Waals surface area contributed by atoms with Gasteiger partial charge in [-0.3, -0.25) is 4.79 Å². The average Bonchev–Trinajstić information content (AvgIpc) is 3.32. The summed E-state index contributed by atoms with van der Waals surface area (Å²) < 4.78 is 7.60. The van der Waals surface area contributed by atoms with Gasteiger partial charge in [0.05, 0.1) is 11.8 Å². The van der Waals surface area contributed by atoms with Crippen molar-refractivity contribution in [2.24, 2.45) is 0 Å². The fourth-order valence-electron chi connectivity index (χ4n) is 3.55. The molecule has 0 saturated carbocycles. The van der Waals surface area contributed by atoms with Crippen LogP contribution in [0.15, 0.2) is 83.5 Å². The Hall–Kier alpha value is -3.27. The van der Waals surface area contributed by atoms with Gasteiger partial charge < -0.3 is 14.3 Å². The molecule has 0 radical (unpaired) electrons. The molecule has 142 valence electrons. The fraction of sp³-hybridized carbons (Fsp3) is 0.208. The van der Waals surface area contributed by atoms with Crippen LogP contribution in [-0.2, 0) is 19.4 Å². The summed E-state index contributed by atoms with van der Waals surface area (Å²) in [4.78, 5) is 12.8. The number of fused-ring (bicyclic) bond motifs is 1. The summed E-state index contributed by atoms with van der Waals surface area (Å²) in [7, 11) is 0. The lowest BCUT2D eigenvalue weighted by molar-refractivity contribution is 0.0945. The van der Waals surface area contributed by atoms with Gasteiger partial charge in [-0.05, 0) is 30.4 Å². The summed E-state index contributed by atoms with van der Waals surface area (Å²) in [6, 6.07) is 24.4. The third kappa shape index (κ3) is 4.17. The maximum Gasteiger partial charge on any atom is 0.268 e. The first kappa shape index (κ1) is 18.1. The molecule has 28 heavy (non-hydrogen) atoms. The normalized spacial score (nSPS) is 11.0. The third-order valence-corrected chi connectivity index (χ3v) is 4.99. The van der Waals surface area contributed by atoms with Crippen molar-refractivity contribution in [2.75, 3.05) is 6.54 Å². The highest BCUT2D eigenvalue weighted by Crippen LogP contribution is 2.22. The molecule has 0 aliphatic carbocycles. The topological polar surface area (TPSA) is 47.2 Å². The second-order valence-corrected chi connectivity index (χ2v) is 6.93. The van der Waals surface area contributed by atoms with E-state index in [0.717, 1.165) is 36.9 Å². The van der Waals surface area contributed by atoms with Gasteiger partial charge in [0, 0.05) is 25.2 Å². The lowest BCUT2D eigenvalue weighted by atomic mass is 10.1. The van der Waals surface area contributed by atoms with Crippen molar-refractivity contribution >= 4 is 17.0 Å². The molecule has 0 spiro atoms. The van der Waals surface area contributed by atoms with Gasteiger partial charge in [0.2, 0.25) is 0 Å². The molecular formula is C24H24N2O2. The Morgan fingerprint density at radius 2 is 1.57 bits per heavy atom. The third-order valence-electron chi connectivity index (χ3n) is 4.99. The van der Waals surface area contributed by atoms with Crippen LogP contribution in [0.5, 0.6) is 0 Å². The number of rotatable bonds is 8. The van der Waals surface area contributed by atoms with Crippen molar-refractivity contribution in [3.05, 3.63) is 95.9 Å². The van der Waals surface area contributed by atoms with E-state index in [1.807, 2.05) is 36.4 Å². The number of aryl methyl sites for hydroxylation is 2. The van der Waals surface area contributed by atoms with Crippen LogP contribution in [0.3, 0.4) is 0 Å². The molecule has 0 atom stereocenters. The molecule has 0 saturated heterocycles. The fourth-order valence-corrected chi connectivity index (χ4v) is 3.55. The summed E-state index contributed by atoms with van der Waals surface area (Å²) >= 11 is 0. The van der Waals surface area contributed by atoms with Gasteiger partial charge in [-0.1, -0.05) is 60.7 Å². The molecule has 4 rings (SSSR count). The van der Waals surface area contributed by atoms with Crippen LogP contribution in [0.4, 0.5) is 0 Å². The van der Waals surface area contributed by atoms with E-state index in [1.165, 1.54) is 11.1 Å². The predicted molar refractivity (Wildman–Crippen MR) is 111 cm³/mol. The molecule has 1 N–H and O–H groups in total. The van der Waals surface area contributed by atoms with Crippen LogP contribution in [0.1, 0.15) is 28.0 Å². The van der Waals surface area contributed by atoms with E-state index in [1.54, 1.807) is 6.26 Å². The van der Waals surface area contributed by atoms with Gasteiger partial charge in [0.1, 0.15) is 5.69 Å². The zero-order valence-electron chi connectivity index (χ0n) is 15.8. The first-order valence-electron chi connectivity index (χ1n) is 9.74. The summed E-state index contributed by atoms with van der Waals surface area (Å²) in [5.41, 5.74) is 4.92. The molecule has 1 amide bonds. The van der Waals surface area contributed by atoms with Gasteiger partial charge in [-0.25, -0.2) is 0 Å². The number of furan rings is 1. The summed E-state index contributed by atoms with van der Waals surface area (Å²) in [5.74, 6) is -0.0537. The number of nitrogens with one attached hydrogen (secondary N) is 1. The van der Waals surface area contributed by atoms with Crippen molar-refractivity contribution < 1.29 is 9.21 Å². The van der Waals surface area contributed by atoms with Crippen LogP contribution < -0.4 is 5.32 Å². The molecule has 2 aromatic carbocycles. The number of hydrogen-bond donors (Lipinski definition) is 1. The van der Waals surface area contributed by atoms with Gasteiger partial charge in [-0.15, -0.1) is 0 Å². The average molecular weight is 372 g/mol. The molecule has 2 aromatic heterocycles. The van der Waals surface area contributed by atoms with Gasteiger partial charge in [-0.2, -0.15) is 0 Å². The number of amides is 1. The molecule has 0 bridgehead atoms. The summed E-state index contributed by atoms with van der Waals surface area (Å²) in [6.07, 6.45) is 4.43. The van der Waals surface area contributed by atoms with Crippen molar-refractivity contribution in [1.29, 1.82) is 0 Å². The SMILES string of the molecule is O=C(NCCc1ccccc1)c1cc2occc2n1CCCc1ccccc1. The quantitative estimate of drug-likeness (QED) is 0.481. The number of carbonyl (C=O) groups is 1. The maximum absolute atomic E-state index is 12.8. The van der Waals surface area contributed by atoms with Crippen LogP contribution in [0, 0.1) is 0 Å². The van der Waals surface area contributed by atoms with Crippen molar-refractivity contribution in [1.82, 2.24) is 9.88 Å². The van der Waals surface area contributed by atoms with Gasteiger partial charge in [0.15, 0.2) is 5.58 Å². The lowest BCUT2D eigenvalue weighted by Crippen LogP contribution is -2.28. The standard InChI is InChI=1S/C24H24N2O2/c27-24(25-15-13-20-10-5-2-6-11-20)22-18-23-21(14-17-28-23)26(22)16-7-12-19-8-3-1-4-9-19/h1-6,8-11,14,17-18H,7,12-13,15-16H2,(H,25,27). The van der Waals surface area contributed by atoms with Crippen LogP contribution in [0.25, 0.3) is 11.1 Å². The van der Waals surface area contributed by atoms with E-state index < -0.39 is 0 Å². The minimum Gasteiger partial charge on any atom is -0.463 e. The Morgan fingerprint density at radius 1 is 0.893 bits per heavy atom. The Balaban J connectivity index is 1.42. The van der Waals surface area contributed by atoms with Crippen molar-refractivity contribution in [2.45, 2.75) is 25.8 Å². The molecule has 4 heteroatoms. The number of hydrogen-bond acceptors (Lipinski definition) is 2. The summed E-state index contributed by atoms with van der Waals surface area (Å²) in [6.45, 7) is 1.39. The number of aromatic nitrogens is 1. The number of nitrogens with zero attached hydrogens (tertiary/aromatic N) is 1. The van der Waals surface area contributed by atoms with Crippen LogP contribution in [0.2, 0.25) is 0 Å². The number of benzene rings is 2. The summed E-state index contributed by atoms with van der Waals surface area (Å²) in [5, 5.41) is 3.05. The Labute approximate surface area is 164 Å². The minimum atomic E-state index is -0.0537. The van der Waals surface area contributed by atoms with Gasteiger partial charge in [0.25, 0.3) is 5.91 Å². The highest BCUT2D eigenvalue weighted by atomic mass is 16.3. The smallest absolute Gasteiger partial charge is 0.268 e. The first-order valence-corrected chi connectivity index (χ1v) is 9.74. The van der Waals surface area contributed by atoms with E-state index in [9.17, 15) is 4.79 Å². The largest absolute Gasteiger partial charge is 0.463 e. The lowest BCUT2D eigenvalue weighted by Gasteiger charge is -2.11. The Morgan fingerprint density at radius 3 is 2.29 bits per heavy atom. The Kier molecular flexibility index (Phi) is 5.57. The molecule has 0 aliphatic heterocycles. The minimum absolute atomic E-state index is 0.0537. The molecule has 2 heterocycles. The van der Waals surface area contributed by atoms with Crippen LogP contribution >= 0.6 is 0 Å². The molecule has 4 nitrogen and oxygen atoms in total. The second-order valence-electron chi connectivity index (χ2n) is 6.93. The molecule has 0 unspecified atom stereocenters. The molecular weight excluding hydrogens is 348 g/mol.